The molecule has 0 bridgehead atoms. The maximum atomic E-state index is 12.6. The molecule has 5 nitrogen and oxygen atoms in total. The number of amides is 1. The Bertz CT molecular complexity index is 552. The molecule has 0 unspecified atom stereocenters. The van der Waals surface area contributed by atoms with Gasteiger partial charge < -0.3 is 20.1 Å². The molecular weight excluding hydrogens is 306 g/mol. The Morgan fingerprint density at radius 3 is 2.91 bits per heavy atom. The van der Waals surface area contributed by atoms with Crippen LogP contribution in [0.1, 0.15) is 31.0 Å². The summed E-state index contributed by atoms with van der Waals surface area (Å²) in [7, 11) is 0. The monoisotopic (exact) mass is 328 g/mol. The number of carbonyl (C=O) groups is 1. The molecule has 2 N–H and O–H groups in total. The molecule has 1 amide bonds. The van der Waals surface area contributed by atoms with Gasteiger partial charge in [-0.05, 0) is 31.9 Å². The molecule has 1 aliphatic heterocycles. The van der Waals surface area contributed by atoms with E-state index in [1.54, 1.807) is 17.9 Å². The summed E-state index contributed by atoms with van der Waals surface area (Å²) < 4.78 is 29.8. The highest BCUT2D eigenvalue weighted by atomic mass is 19.3. The molecule has 0 fully saturated rings. The van der Waals surface area contributed by atoms with Crippen LogP contribution in [-0.2, 0) is 11.2 Å². The minimum atomic E-state index is -2.90. The number of rotatable bonds is 6. The van der Waals surface area contributed by atoms with E-state index in [0.29, 0.717) is 25.1 Å². The second kappa shape index (κ2) is 7.70. The number of carbonyl (C=O) groups excluding carboxylic acids is 1. The Kier molecular flexibility index (Phi) is 5.90. The van der Waals surface area contributed by atoms with Crippen LogP contribution >= 0.6 is 0 Å². The standard InChI is InChI=1S/C16H22F2N2O3/c1-10(21)8-19-9-14(22)20-7-6-12-4-3-5-13(23-16(17)18)15(12)11(20)2/h3-5,10-11,16,19,21H,6-9H2,1-2H3/t10-,11+/m1/s1. The van der Waals surface area contributed by atoms with Gasteiger partial charge in [-0.2, -0.15) is 8.78 Å². The second-order valence-electron chi connectivity index (χ2n) is 5.70. The van der Waals surface area contributed by atoms with Crippen LogP contribution in [0, 0.1) is 0 Å². The molecule has 1 aromatic rings. The third kappa shape index (κ3) is 4.39. The van der Waals surface area contributed by atoms with Crippen molar-refractivity contribution < 1.29 is 23.4 Å². The number of aliphatic hydroxyl groups excluding tert-OH is 1. The number of hydrogen-bond acceptors (Lipinski definition) is 4. The van der Waals surface area contributed by atoms with E-state index in [4.69, 9.17) is 0 Å². The van der Waals surface area contributed by atoms with Crippen LogP contribution in [0.4, 0.5) is 8.78 Å². The van der Waals surface area contributed by atoms with Crippen LogP contribution in [0.3, 0.4) is 0 Å². The van der Waals surface area contributed by atoms with Crippen molar-refractivity contribution in [3.8, 4) is 5.75 Å². The number of aliphatic hydroxyl groups is 1. The SMILES string of the molecule is C[C@@H](O)CNCC(=O)N1CCc2cccc(OC(F)F)c2[C@@H]1C. The van der Waals surface area contributed by atoms with Crippen LogP contribution in [-0.4, -0.2) is 48.3 Å². The van der Waals surface area contributed by atoms with E-state index in [1.165, 1.54) is 6.07 Å². The average Bonchev–Trinajstić information content (AvgIpc) is 2.46. The number of fused-ring (bicyclic) bond motifs is 1. The third-order valence-corrected chi connectivity index (χ3v) is 3.92. The first kappa shape index (κ1) is 17.6. The van der Waals surface area contributed by atoms with Crippen molar-refractivity contribution in [3.05, 3.63) is 29.3 Å². The van der Waals surface area contributed by atoms with Crippen molar-refractivity contribution in [2.24, 2.45) is 0 Å². The molecule has 0 aromatic heterocycles. The van der Waals surface area contributed by atoms with Crippen molar-refractivity contribution in [1.29, 1.82) is 0 Å². The molecule has 23 heavy (non-hydrogen) atoms. The van der Waals surface area contributed by atoms with Crippen molar-refractivity contribution in [2.45, 2.75) is 39.0 Å². The van der Waals surface area contributed by atoms with Crippen LogP contribution in [0.25, 0.3) is 0 Å². The number of ether oxygens (including phenoxy) is 1. The second-order valence-corrected chi connectivity index (χ2v) is 5.70. The third-order valence-electron chi connectivity index (χ3n) is 3.92. The summed E-state index contributed by atoms with van der Waals surface area (Å²) in [5, 5.41) is 12.1. The fourth-order valence-corrected chi connectivity index (χ4v) is 2.90. The van der Waals surface area contributed by atoms with Crippen molar-refractivity contribution >= 4 is 5.91 Å². The van der Waals surface area contributed by atoms with Gasteiger partial charge in [-0.3, -0.25) is 4.79 Å². The van der Waals surface area contributed by atoms with Gasteiger partial charge >= 0.3 is 6.61 Å². The van der Waals surface area contributed by atoms with E-state index in [2.05, 4.69) is 10.1 Å². The molecule has 7 heteroatoms. The Hall–Kier alpha value is -1.73. The van der Waals surface area contributed by atoms with Crippen molar-refractivity contribution in [3.63, 3.8) is 0 Å². The summed E-state index contributed by atoms with van der Waals surface area (Å²) in [5.41, 5.74) is 1.57. The van der Waals surface area contributed by atoms with Gasteiger partial charge in [-0.15, -0.1) is 0 Å². The molecule has 0 spiro atoms. The van der Waals surface area contributed by atoms with Gasteiger partial charge in [0.15, 0.2) is 0 Å². The zero-order valence-corrected chi connectivity index (χ0v) is 13.3. The number of alkyl halides is 2. The highest BCUT2D eigenvalue weighted by molar-refractivity contribution is 5.79. The first-order chi connectivity index (χ1) is 10.9. The maximum Gasteiger partial charge on any atom is 0.387 e. The molecule has 0 saturated carbocycles. The van der Waals surface area contributed by atoms with E-state index in [0.717, 1.165) is 5.56 Å². The van der Waals surface area contributed by atoms with Gasteiger partial charge in [0.1, 0.15) is 5.75 Å². The van der Waals surface area contributed by atoms with Gasteiger partial charge in [0.25, 0.3) is 0 Å². The quantitative estimate of drug-likeness (QED) is 0.834. The van der Waals surface area contributed by atoms with Crippen LogP contribution < -0.4 is 10.1 Å². The van der Waals surface area contributed by atoms with Gasteiger partial charge in [0, 0.05) is 18.7 Å². The Morgan fingerprint density at radius 1 is 1.52 bits per heavy atom. The largest absolute Gasteiger partial charge is 0.434 e. The Balaban J connectivity index is 2.12. The van der Waals surface area contributed by atoms with Crippen molar-refractivity contribution in [1.82, 2.24) is 10.2 Å². The predicted molar refractivity (Wildman–Crippen MR) is 81.5 cm³/mol. The first-order valence-corrected chi connectivity index (χ1v) is 7.65. The van der Waals surface area contributed by atoms with Crippen LogP contribution in [0.15, 0.2) is 18.2 Å². The van der Waals surface area contributed by atoms with Crippen molar-refractivity contribution in [2.75, 3.05) is 19.6 Å². The molecule has 0 radical (unpaired) electrons. The van der Waals surface area contributed by atoms with E-state index < -0.39 is 12.7 Å². The fraction of sp³-hybridized carbons (Fsp3) is 0.562. The minimum Gasteiger partial charge on any atom is -0.434 e. The minimum absolute atomic E-state index is 0.0996. The molecule has 1 aliphatic rings. The van der Waals surface area contributed by atoms with E-state index in [-0.39, 0.29) is 24.2 Å². The summed E-state index contributed by atoms with van der Waals surface area (Å²) >= 11 is 0. The lowest BCUT2D eigenvalue weighted by molar-refractivity contribution is -0.132. The van der Waals surface area contributed by atoms with E-state index >= 15 is 0 Å². The fourth-order valence-electron chi connectivity index (χ4n) is 2.90. The van der Waals surface area contributed by atoms with Gasteiger partial charge in [0.2, 0.25) is 5.91 Å². The normalized spacial score (nSPS) is 18.7. The average molecular weight is 328 g/mol. The summed E-state index contributed by atoms with van der Waals surface area (Å²) in [6.45, 7) is 1.50. The zero-order chi connectivity index (χ0) is 17.0. The van der Waals surface area contributed by atoms with Gasteiger partial charge in [0.05, 0.1) is 18.7 Å². The lowest BCUT2D eigenvalue weighted by atomic mass is 9.92. The molecule has 0 saturated heterocycles. The first-order valence-electron chi connectivity index (χ1n) is 7.65. The Morgan fingerprint density at radius 2 is 2.26 bits per heavy atom. The van der Waals surface area contributed by atoms with Crippen LogP contribution in [0.5, 0.6) is 5.75 Å². The number of benzene rings is 1. The highest BCUT2D eigenvalue weighted by Gasteiger charge is 2.30. The lowest BCUT2D eigenvalue weighted by Gasteiger charge is -2.36. The molecule has 1 heterocycles. The molecule has 2 atom stereocenters. The van der Waals surface area contributed by atoms with Gasteiger partial charge in [-0.1, -0.05) is 12.1 Å². The van der Waals surface area contributed by atoms with E-state index in [1.807, 2.05) is 13.0 Å². The summed E-state index contributed by atoms with van der Waals surface area (Å²) in [6, 6.07) is 4.72. The smallest absolute Gasteiger partial charge is 0.387 e. The molecule has 0 aliphatic carbocycles. The number of halogens is 2. The van der Waals surface area contributed by atoms with E-state index in [9.17, 15) is 18.7 Å². The summed E-state index contributed by atoms with van der Waals surface area (Å²) in [6.07, 6.45) is 0.0655. The topological polar surface area (TPSA) is 61.8 Å². The molecule has 2 rings (SSSR count). The number of nitrogens with zero attached hydrogens (tertiary/aromatic N) is 1. The van der Waals surface area contributed by atoms with Crippen LogP contribution in [0.2, 0.25) is 0 Å². The maximum absolute atomic E-state index is 12.6. The highest BCUT2D eigenvalue weighted by Crippen LogP contribution is 2.36. The summed E-state index contributed by atoms with van der Waals surface area (Å²) in [5.74, 6) is -0.00455. The lowest BCUT2D eigenvalue weighted by Crippen LogP contribution is -2.44. The Labute approximate surface area is 134 Å². The molecule has 128 valence electrons. The zero-order valence-electron chi connectivity index (χ0n) is 13.3. The number of nitrogens with one attached hydrogen (secondary N) is 1. The number of hydrogen-bond donors (Lipinski definition) is 2. The molecule has 1 aromatic carbocycles. The summed E-state index contributed by atoms with van der Waals surface area (Å²) in [4.78, 5) is 14.0. The van der Waals surface area contributed by atoms with Gasteiger partial charge in [-0.25, -0.2) is 0 Å². The molecular formula is C16H22F2N2O3. The predicted octanol–water partition coefficient (Wildman–Crippen LogP) is 1.70.